The van der Waals surface area contributed by atoms with E-state index in [1.807, 2.05) is 4.90 Å². The van der Waals surface area contributed by atoms with Gasteiger partial charge in [0.1, 0.15) is 11.9 Å². The Balaban J connectivity index is 1.90. The molecule has 0 saturated carbocycles. The fraction of sp³-hybridized carbons (Fsp3) is 0.462. The average molecular weight is 289 g/mol. The zero-order chi connectivity index (χ0) is 15.2. The SMILES string of the molecule is N#Cc1nc(NCCC(=O)N2CCCC2)ccc1[N+](=O)[O-]. The van der Waals surface area contributed by atoms with Crippen molar-refractivity contribution in [2.24, 2.45) is 0 Å². The van der Waals surface area contributed by atoms with Crippen LogP contribution < -0.4 is 5.32 Å². The molecule has 110 valence electrons. The zero-order valence-corrected chi connectivity index (χ0v) is 11.4. The molecule has 0 aromatic carbocycles. The fourth-order valence-electron chi connectivity index (χ4n) is 2.20. The Kier molecular flexibility index (Phi) is 4.66. The van der Waals surface area contributed by atoms with E-state index in [1.165, 1.54) is 12.1 Å². The molecule has 1 N–H and O–H groups in total. The van der Waals surface area contributed by atoms with Gasteiger partial charge in [0.05, 0.1) is 4.92 Å². The molecular weight excluding hydrogens is 274 g/mol. The summed E-state index contributed by atoms with van der Waals surface area (Å²) < 4.78 is 0. The van der Waals surface area contributed by atoms with E-state index in [9.17, 15) is 14.9 Å². The van der Waals surface area contributed by atoms with Gasteiger partial charge in [-0.3, -0.25) is 14.9 Å². The third-order valence-corrected chi connectivity index (χ3v) is 3.28. The lowest BCUT2D eigenvalue weighted by atomic mass is 10.3. The number of likely N-dealkylation sites (tertiary alicyclic amines) is 1. The van der Waals surface area contributed by atoms with Crippen LogP contribution in [0.25, 0.3) is 0 Å². The molecule has 1 fully saturated rings. The number of aromatic nitrogens is 1. The molecule has 0 spiro atoms. The maximum atomic E-state index is 11.8. The molecule has 1 aliphatic heterocycles. The average Bonchev–Trinajstić information content (AvgIpc) is 3.01. The third-order valence-electron chi connectivity index (χ3n) is 3.28. The van der Waals surface area contributed by atoms with Crippen LogP contribution in [0.15, 0.2) is 12.1 Å². The van der Waals surface area contributed by atoms with Crippen molar-refractivity contribution in [2.75, 3.05) is 25.0 Å². The van der Waals surface area contributed by atoms with E-state index >= 15 is 0 Å². The van der Waals surface area contributed by atoms with Gasteiger partial charge in [0.15, 0.2) is 0 Å². The Morgan fingerprint density at radius 3 is 2.81 bits per heavy atom. The second-order valence-corrected chi connectivity index (χ2v) is 4.70. The number of nitrogens with one attached hydrogen (secondary N) is 1. The van der Waals surface area contributed by atoms with Crippen LogP contribution >= 0.6 is 0 Å². The molecule has 1 amide bonds. The molecule has 1 aromatic heterocycles. The van der Waals surface area contributed by atoms with Gasteiger partial charge in [0.25, 0.3) is 0 Å². The first kappa shape index (κ1) is 14.7. The van der Waals surface area contributed by atoms with Crippen LogP contribution in [0.2, 0.25) is 0 Å². The van der Waals surface area contributed by atoms with Crippen LogP contribution in [-0.2, 0) is 4.79 Å². The van der Waals surface area contributed by atoms with Crippen LogP contribution in [0.5, 0.6) is 0 Å². The number of carbonyl (C=O) groups is 1. The lowest BCUT2D eigenvalue weighted by Gasteiger charge is -2.15. The first-order valence-electron chi connectivity index (χ1n) is 6.69. The Labute approximate surface area is 121 Å². The Bertz CT molecular complexity index is 590. The van der Waals surface area contributed by atoms with E-state index in [1.54, 1.807) is 6.07 Å². The molecule has 1 aliphatic rings. The molecular formula is C13H15N5O3. The van der Waals surface area contributed by atoms with Gasteiger partial charge < -0.3 is 10.2 Å². The van der Waals surface area contributed by atoms with Crippen molar-refractivity contribution in [1.82, 2.24) is 9.88 Å². The standard InChI is InChI=1S/C13H15N5O3/c14-9-10-11(18(20)21)3-4-12(16-10)15-6-5-13(19)17-7-1-2-8-17/h3-4H,1-2,5-8H2,(H,15,16). The number of hydrogen-bond acceptors (Lipinski definition) is 6. The minimum atomic E-state index is -0.647. The lowest BCUT2D eigenvalue weighted by Crippen LogP contribution is -2.29. The van der Waals surface area contributed by atoms with Crippen molar-refractivity contribution in [2.45, 2.75) is 19.3 Å². The summed E-state index contributed by atoms with van der Waals surface area (Å²) in [6.07, 6.45) is 2.43. The van der Waals surface area contributed by atoms with E-state index in [-0.39, 0.29) is 17.3 Å². The van der Waals surface area contributed by atoms with Gasteiger partial charge >= 0.3 is 5.69 Å². The van der Waals surface area contributed by atoms with Gasteiger partial charge in [-0.2, -0.15) is 5.26 Å². The maximum Gasteiger partial charge on any atom is 0.305 e. The summed E-state index contributed by atoms with van der Waals surface area (Å²) in [5, 5.41) is 22.4. The predicted octanol–water partition coefficient (Wildman–Crippen LogP) is 1.29. The molecule has 0 bridgehead atoms. The van der Waals surface area contributed by atoms with Gasteiger partial charge in [-0.15, -0.1) is 0 Å². The number of nitriles is 1. The molecule has 0 atom stereocenters. The number of carbonyl (C=O) groups excluding carboxylic acids is 1. The van der Waals surface area contributed by atoms with Crippen LogP contribution in [0, 0.1) is 21.4 Å². The number of rotatable bonds is 5. The van der Waals surface area contributed by atoms with Crippen molar-refractivity contribution in [3.63, 3.8) is 0 Å². The van der Waals surface area contributed by atoms with Gasteiger partial charge in [-0.05, 0) is 18.9 Å². The van der Waals surface area contributed by atoms with Crippen molar-refractivity contribution in [3.05, 3.63) is 27.9 Å². The molecule has 21 heavy (non-hydrogen) atoms. The van der Waals surface area contributed by atoms with Crippen molar-refractivity contribution < 1.29 is 9.72 Å². The number of pyridine rings is 1. The molecule has 0 unspecified atom stereocenters. The maximum absolute atomic E-state index is 11.8. The molecule has 8 heteroatoms. The van der Waals surface area contributed by atoms with Gasteiger partial charge in [-0.1, -0.05) is 0 Å². The zero-order valence-electron chi connectivity index (χ0n) is 11.4. The summed E-state index contributed by atoms with van der Waals surface area (Å²) in [6.45, 7) is 2.01. The second kappa shape index (κ2) is 6.65. The molecule has 1 aromatic rings. The smallest absolute Gasteiger partial charge is 0.305 e. The molecule has 2 heterocycles. The summed E-state index contributed by atoms with van der Waals surface area (Å²) in [6, 6.07) is 4.36. The largest absolute Gasteiger partial charge is 0.370 e. The van der Waals surface area contributed by atoms with Crippen LogP contribution in [0.3, 0.4) is 0 Å². The van der Waals surface area contributed by atoms with Crippen LogP contribution in [0.4, 0.5) is 11.5 Å². The number of anilines is 1. The first-order chi connectivity index (χ1) is 10.1. The van der Waals surface area contributed by atoms with E-state index in [0.717, 1.165) is 25.9 Å². The number of amides is 1. The summed E-state index contributed by atoms with van der Waals surface area (Å²) >= 11 is 0. The molecule has 1 saturated heterocycles. The fourth-order valence-corrected chi connectivity index (χ4v) is 2.20. The third kappa shape index (κ3) is 3.66. The monoisotopic (exact) mass is 289 g/mol. The van der Waals surface area contributed by atoms with E-state index in [4.69, 9.17) is 5.26 Å². The highest BCUT2D eigenvalue weighted by molar-refractivity contribution is 5.76. The second-order valence-electron chi connectivity index (χ2n) is 4.70. The highest BCUT2D eigenvalue weighted by Crippen LogP contribution is 2.18. The van der Waals surface area contributed by atoms with Gasteiger partial charge in [0, 0.05) is 32.1 Å². The molecule has 0 radical (unpaired) electrons. The molecule has 2 rings (SSSR count). The predicted molar refractivity (Wildman–Crippen MR) is 74.5 cm³/mol. The highest BCUT2D eigenvalue weighted by Gasteiger charge is 2.18. The summed E-state index contributed by atoms with van der Waals surface area (Å²) in [7, 11) is 0. The summed E-state index contributed by atoms with van der Waals surface area (Å²) in [5.74, 6) is 0.439. The first-order valence-corrected chi connectivity index (χ1v) is 6.69. The lowest BCUT2D eigenvalue weighted by molar-refractivity contribution is -0.385. The van der Waals surface area contributed by atoms with Crippen LogP contribution in [-0.4, -0.2) is 40.3 Å². The normalized spacial score (nSPS) is 13.8. The van der Waals surface area contributed by atoms with Crippen molar-refractivity contribution in [3.8, 4) is 6.07 Å². The van der Waals surface area contributed by atoms with E-state index in [2.05, 4.69) is 10.3 Å². The van der Waals surface area contributed by atoms with Gasteiger partial charge in [-0.25, -0.2) is 4.98 Å². The Hall–Kier alpha value is -2.69. The number of hydrogen-bond donors (Lipinski definition) is 1. The van der Waals surface area contributed by atoms with E-state index < -0.39 is 4.92 Å². The van der Waals surface area contributed by atoms with E-state index in [0.29, 0.717) is 18.8 Å². The Morgan fingerprint density at radius 1 is 1.48 bits per heavy atom. The van der Waals surface area contributed by atoms with Crippen LogP contribution in [0.1, 0.15) is 25.0 Å². The quantitative estimate of drug-likeness (QED) is 0.645. The van der Waals surface area contributed by atoms with Gasteiger partial charge in [0.2, 0.25) is 11.6 Å². The number of nitrogens with zero attached hydrogens (tertiary/aromatic N) is 4. The summed E-state index contributed by atoms with van der Waals surface area (Å²) in [5.41, 5.74) is -0.563. The highest BCUT2D eigenvalue weighted by atomic mass is 16.6. The van der Waals surface area contributed by atoms with Crippen molar-refractivity contribution >= 4 is 17.4 Å². The molecule has 8 nitrogen and oxygen atoms in total. The minimum Gasteiger partial charge on any atom is -0.370 e. The molecule has 0 aliphatic carbocycles. The van der Waals surface area contributed by atoms with Crippen molar-refractivity contribution in [1.29, 1.82) is 5.26 Å². The topological polar surface area (TPSA) is 112 Å². The Morgan fingerprint density at radius 2 is 2.19 bits per heavy atom. The summed E-state index contributed by atoms with van der Waals surface area (Å²) in [4.78, 5) is 27.6. The minimum absolute atomic E-state index is 0.0856. The number of nitro groups is 1.